The highest BCUT2D eigenvalue weighted by atomic mass is 28.4. The summed E-state index contributed by atoms with van der Waals surface area (Å²) in [6.07, 6.45) is 0. The lowest BCUT2D eigenvalue weighted by Crippen LogP contribution is -2.71. The second kappa shape index (κ2) is 35.1. The summed E-state index contributed by atoms with van der Waals surface area (Å²) in [7, 11) is -6.83. The van der Waals surface area contributed by atoms with Gasteiger partial charge >= 0.3 is 33.3 Å². The van der Waals surface area contributed by atoms with Crippen LogP contribution in [0.25, 0.3) is 0 Å². The number of rotatable bonds is 29. The van der Waals surface area contributed by atoms with E-state index in [1.807, 2.05) is 0 Å². The lowest BCUT2D eigenvalue weighted by Gasteiger charge is -2.37. The fourth-order valence-electron chi connectivity index (χ4n) is 17.5. The summed E-state index contributed by atoms with van der Waals surface area (Å²) in [4.78, 5) is 0. The summed E-state index contributed by atoms with van der Waals surface area (Å²) in [6.45, 7) is 8.61. The molecule has 16 rings (SSSR count). The molecule has 0 saturated heterocycles. The van der Waals surface area contributed by atoms with E-state index in [9.17, 15) is 0 Å². The number of ether oxygens (including phenoxy) is 4. The first-order chi connectivity index (χ1) is 57.9. The maximum atomic E-state index is 8.13. The topological polar surface area (TPSA) is 73.8 Å². The summed E-state index contributed by atoms with van der Waals surface area (Å²) in [5.41, 5.74) is 7.18. The fraction of sp³-hybridized carbons (Fsp3) is 0.0943. The zero-order valence-electron chi connectivity index (χ0n) is 67.7. The first-order valence-electron chi connectivity index (χ1n) is 40.1. The van der Waals surface area contributed by atoms with Crippen molar-refractivity contribution in [1.29, 1.82) is 0 Å². The van der Waals surface area contributed by atoms with Gasteiger partial charge in [-0.15, -0.1) is 0 Å². The molecule has 0 aliphatic rings. The molecule has 16 aromatic rings. The molecule has 0 fully saturated rings. The number of aryl methyl sites for hydroxylation is 4. The normalized spacial score (nSPS) is 11.7. The molecule has 12 heteroatoms. The number of methoxy groups -OCH3 is 4. The molecule has 0 amide bonds. The first-order valence-corrected chi connectivity index (χ1v) is 47.8. The van der Waals surface area contributed by atoms with Gasteiger partial charge in [-0.2, -0.15) is 0 Å². The molecule has 582 valence electrons. The largest absolute Gasteiger partial charge is 0.528 e. The molecule has 0 spiro atoms. The minimum Gasteiger partial charge on any atom is -0.528 e. The molecule has 0 saturated carbocycles. The second-order valence-electron chi connectivity index (χ2n) is 30.0. The molecule has 0 aliphatic heterocycles. The van der Waals surface area contributed by atoms with Gasteiger partial charge in [0.15, 0.2) is 23.0 Å². The van der Waals surface area contributed by atoms with Gasteiger partial charge in [-0.25, -0.2) is 0 Å². The molecule has 0 aliphatic carbocycles. The minimum atomic E-state index is -3.46. The third kappa shape index (κ3) is 15.0. The van der Waals surface area contributed by atoms with Crippen molar-refractivity contribution in [3.8, 4) is 46.0 Å². The Labute approximate surface area is 698 Å². The van der Waals surface area contributed by atoms with Crippen LogP contribution in [0, 0.1) is 27.7 Å². The van der Waals surface area contributed by atoms with Crippen molar-refractivity contribution < 1.29 is 36.7 Å². The number of benzene rings is 16. The summed E-state index contributed by atoms with van der Waals surface area (Å²) in [5, 5.41) is 13.0. The maximum absolute atomic E-state index is 8.13. The van der Waals surface area contributed by atoms with E-state index in [0.29, 0.717) is 46.0 Å². The van der Waals surface area contributed by atoms with Crippen molar-refractivity contribution in [2.24, 2.45) is 0 Å². The third-order valence-corrected chi connectivity index (χ3v) is 38.7. The van der Waals surface area contributed by atoms with Gasteiger partial charge in [0.1, 0.15) is 23.0 Å². The van der Waals surface area contributed by atoms with Crippen molar-refractivity contribution in [2.75, 3.05) is 28.4 Å². The zero-order valence-corrected chi connectivity index (χ0v) is 71.7. The van der Waals surface area contributed by atoms with Crippen LogP contribution in [-0.4, -0.2) is 61.7 Å². The monoisotopic (exact) mass is 1610 g/mol. The predicted octanol–water partition coefficient (Wildman–Crippen LogP) is 16.1. The average molecular weight is 1610 g/mol. The molecular formula is C106H94O8Si4. The molecule has 0 unspecified atom stereocenters. The van der Waals surface area contributed by atoms with Gasteiger partial charge < -0.3 is 36.7 Å². The van der Waals surface area contributed by atoms with Gasteiger partial charge in [0.25, 0.3) is 0 Å². The van der Waals surface area contributed by atoms with Crippen LogP contribution in [0.2, 0.25) is 0 Å². The number of hydrogen-bond acceptors (Lipinski definition) is 8. The lowest BCUT2D eigenvalue weighted by molar-refractivity contribution is 0.389. The first kappa shape index (κ1) is 78.7. The highest BCUT2D eigenvalue weighted by Crippen LogP contribution is 2.52. The van der Waals surface area contributed by atoms with E-state index in [-0.39, 0.29) is 0 Å². The molecule has 0 radical (unpaired) electrons. The Morgan fingerprint density at radius 3 is 0.398 bits per heavy atom. The van der Waals surface area contributed by atoms with Crippen molar-refractivity contribution in [3.05, 3.63) is 457 Å². The van der Waals surface area contributed by atoms with E-state index >= 15 is 0 Å². The van der Waals surface area contributed by atoms with Crippen LogP contribution in [0.5, 0.6) is 46.0 Å². The SMILES string of the molecule is COc1cc(C(c2cc(C)c(O[Si](c3ccccc3)(c3ccccc3)c3ccccc3)c(OC)c2)C(c2cc(C)c(O[Si](c3ccccc3)(c3ccccc3)c3ccccc3)c(OC)c2)c2cc(C)c(O[Si](c3ccccc3)(c3ccccc3)c3ccccc3)c(OC)c2)cc(C)c1O[Si](c1ccccc1)(c1ccccc1)c1ccccc1. The molecule has 8 nitrogen and oxygen atoms in total. The van der Waals surface area contributed by atoms with E-state index in [0.717, 1.165) is 107 Å². The summed E-state index contributed by atoms with van der Waals surface area (Å²) in [5.74, 6) is 3.59. The fourth-order valence-corrected chi connectivity index (χ4v) is 33.1. The van der Waals surface area contributed by atoms with E-state index in [4.69, 9.17) is 36.7 Å². The van der Waals surface area contributed by atoms with E-state index in [1.165, 1.54) is 0 Å². The lowest BCUT2D eigenvalue weighted by atomic mass is 9.72. The molecule has 0 heterocycles. The standard InChI is InChI=1S/C106H94O8Si4/c1-77-69-81(73-97(107-5)103(77)111-115(85-45-21-9-22-46-85,86-47-23-10-24-48-86)87-49-25-11-26-50-87)101(82-70-78(2)104(98(74-82)108-6)112-116(88-51-27-12-28-52-88,89-53-29-13-30-54-89)90-55-31-14-32-56-90)102(83-71-79(3)105(99(75-83)109-7)113-117(91-57-33-15-34-58-91,92-59-35-16-36-60-92)93-61-37-17-38-62-93)84-72-80(4)106(100(76-84)110-8)114-118(94-63-39-18-40-64-94,95-65-41-19-42-66-95)96-67-43-20-44-68-96/h9-76,101-102H,1-8H3. The minimum absolute atomic E-state index is 0.564. The van der Waals surface area contributed by atoms with Crippen LogP contribution < -0.4 is 98.9 Å². The van der Waals surface area contributed by atoms with Gasteiger partial charge in [0, 0.05) is 11.8 Å². The van der Waals surface area contributed by atoms with Crippen molar-refractivity contribution >= 4 is 95.5 Å². The Morgan fingerprint density at radius 2 is 0.288 bits per heavy atom. The maximum Gasteiger partial charge on any atom is 0.347 e. The van der Waals surface area contributed by atoms with Gasteiger partial charge in [-0.3, -0.25) is 0 Å². The van der Waals surface area contributed by atoms with Gasteiger partial charge in [-0.05, 0) is 159 Å². The zero-order chi connectivity index (χ0) is 81.1. The second-order valence-corrected chi connectivity index (χ2v) is 43.2. The molecule has 0 atom stereocenters. The quantitative estimate of drug-likeness (QED) is 0.0339. The summed E-state index contributed by atoms with van der Waals surface area (Å²) in [6, 6.07) is 146. The van der Waals surface area contributed by atoms with Crippen LogP contribution in [-0.2, 0) is 0 Å². The van der Waals surface area contributed by atoms with Crippen LogP contribution in [0.3, 0.4) is 0 Å². The Hall–Kier alpha value is -13.2. The Bertz CT molecular complexity index is 4900. The molecule has 0 bridgehead atoms. The average Bonchev–Trinajstić information content (AvgIpc) is 0.740. The molecule has 0 aromatic heterocycles. The Balaban J connectivity index is 0.983. The number of hydrogen-bond donors (Lipinski definition) is 0. The van der Waals surface area contributed by atoms with Crippen molar-refractivity contribution in [2.45, 2.75) is 39.5 Å². The predicted molar refractivity (Wildman–Crippen MR) is 493 cm³/mol. The van der Waals surface area contributed by atoms with Crippen LogP contribution in [0.1, 0.15) is 56.3 Å². The van der Waals surface area contributed by atoms with Gasteiger partial charge in [0.05, 0.1) is 28.4 Å². The van der Waals surface area contributed by atoms with Crippen LogP contribution in [0.4, 0.5) is 0 Å². The highest BCUT2D eigenvalue weighted by molar-refractivity contribution is 7.09. The van der Waals surface area contributed by atoms with E-state index in [2.05, 4.69) is 440 Å². The van der Waals surface area contributed by atoms with Crippen molar-refractivity contribution in [1.82, 2.24) is 0 Å². The van der Waals surface area contributed by atoms with Gasteiger partial charge in [-0.1, -0.05) is 388 Å². The molecule has 0 N–H and O–H groups in total. The Kier molecular flexibility index (Phi) is 23.4. The van der Waals surface area contributed by atoms with E-state index in [1.54, 1.807) is 28.4 Å². The van der Waals surface area contributed by atoms with E-state index < -0.39 is 45.1 Å². The van der Waals surface area contributed by atoms with Crippen molar-refractivity contribution in [3.63, 3.8) is 0 Å². The summed E-state index contributed by atoms with van der Waals surface area (Å²) < 4.78 is 60.2. The third-order valence-electron chi connectivity index (χ3n) is 22.9. The smallest absolute Gasteiger partial charge is 0.347 e. The molecule has 16 aromatic carbocycles. The van der Waals surface area contributed by atoms with Crippen LogP contribution in [0.15, 0.2) is 413 Å². The van der Waals surface area contributed by atoms with Gasteiger partial charge in [0.2, 0.25) is 0 Å². The molecular weight excluding hydrogens is 1510 g/mol. The van der Waals surface area contributed by atoms with Crippen LogP contribution >= 0.6 is 0 Å². The summed E-state index contributed by atoms with van der Waals surface area (Å²) >= 11 is 0. The Morgan fingerprint density at radius 1 is 0.169 bits per heavy atom. The molecule has 118 heavy (non-hydrogen) atoms. The highest BCUT2D eigenvalue weighted by Gasteiger charge is 2.50.